The molecule has 5 rings (SSSR count). The summed E-state index contributed by atoms with van der Waals surface area (Å²) < 4.78 is 32.1. The fourth-order valence-electron chi connectivity index (χ4n) is 8.39. The summed E-state index contributed by atoms with van der Waals surface area (Å²) in [7, 11) is 0. The van der Waals surface area contributed by atoms with Crippen LogP contribution in [0.2, 0.25) is 0 Å². The molecule has 0 aliphatic heterocycles. The maximum Gasteiger partial charge on any atom is 0.375 e. The third-order valence-electron chi connectivity index (χ3n) is 9.81. The lowest BCUT2D eigenvalue weighted by Gasteiger charge is -2.60. The lowest BCUT2D eigenvalue weighted by atomic mass is 9.46. The van der Waals surface area contributed by atoms with Crippen LogP contribution in [0.5, 0.6) is 0 Å². The van der Waals surface area contributed by atoms with Gasteiger partial charge in [0.1, 0.15) is 6.17 Å². The molecule has 204 valence electrons. The standard InChI is InChI=1S/C29H33FO8/c1-15-10-19-18-12-21(30)20-11-17(32)7-8-27(20,3)25(18)22(33)13-28(19,4)29(15,24(34)14-37-16(2)31)38-26(35)23-6-5-9-36-23/h5-9,11,15,18-19,21-22,25,33H,10,12-14H2,1-4H3/t15-,18?,19?,21+,22?,25?,27?,28?,29+/m1/s1. The second-order valence-electron chi connectivity index (χ2n) is 11.7. The Hall–Kier alpha value is -3.07. The van der Waals surface area contributed by atoms with Crippen LogP contribution in [0.4, 0.5) is 4.39 Å². The molecule has 0 radical (unpaired) electrons. The third-order valence-corrected chi connectivity index (χ3v) is 9.81. The van der Waals surface area contributed by atoms with Gasteiger partial charge in [0.15, 0.2) is 18.0 Å². The Labute approximate surface area is 220 Å². The molecular weight excluding hydrogens is 495 g/mol. The van der Waals surface area contributed by atoms with Gasteiger partial charge in [0.2, 0.25) is 11.5 Å². The molecule has 9 atom stereocenters. The number of carbonyl (C=O) groups excluding carboxylic acids is 4. The molecule has 3 fully saturated rings. The maximum absolute atomic E-state index is 15.7. The van der Waals surface area contributed by atoms with E-state index >= 15 is 4.39 Å². The number of ether oxygens (including phenoxy) is 2. The molecule has 4 aliphatic rings. The first-order valence-electron chi connectivity index (χ1n) is 13.1. The van der Waals surface area contributed by atoms with E-state index in [4.69, 9.17) is 13.9 Å². The molecule has 3 saturated carbocycles. The van der Waals surface area contributed by atoms with Gasteiger partial charge in [-0.25, -0.2) is 9.18 Å². The van der Waals surface area contributed by atoms with Crippen LogP contribution in [0.15, 0.2) is 46.6 Å². The van der Waals surface area contributed by atoms with E-state index < -0.39 is 64.9 Å². The molecule has 6 unspecified atom stereocenters. The minimum absolute atomic E-state index is 0.0809. The van der Waals surface area contributed by atoms with E-state index in [1.807, 2.05) is 13.8 Å². The highest BCUT2D eigenvalue weighted by Gasteiger charge is 2.73. The summed E-state index contributed by atoms with van der Waals surface area (Å²) in [5.41, 5.74) is -3.32. The van der Waals surface area contributed by atoms with E-state index in [2.05, 4.69) is 0 Å². The van der Waals surface area contributed by atoms with Crippen molar-refractivity contribution in [2.45, 2.75) is 64.8 Å². The number of hydrogen-bond donors (Lipinski definition) is 1. The molecule has 1 heterocycles. The lowest BCUT2D eigenvalue weighted by Crippen LogP contribution is -2.65. The van der Waals surface area contributed by atoms with Gasteiger partial charge in [-0.1, -0.05) is 26.8 Å². The molecule has 1 aromatic rings. The lowest BCUT2D eigenvalue weighted by molar-refractivity contribution is -0.189. The molecule has 0 spiro atoms. The molecule has 0 bridgehead atoms. The summed E-state index contributed by atoms with van der Waals surface area (Å²) in [5, 5.41) is 11.7. The molecular formula is C29H33FO8. The Morgan fingerprint density at radius 1 is 1.24 bits per heavy atom. The quantitative estimate of drug-likeness (QED) is 0.574. The summed E-state index contributed by atoms with van der Waals surface area (Å²) in [5.74, 6) is -3.99. The fraction of sp³-hybridized carbons (Fsp3) is 0.586. The Balaban J connectivity index is 1.59. The van der Waals surface area contributed by atoms with Gasteiger partial charge >= 0.3 is 11.9 Å². The van der Waals surface area contributed by atoms with Crippen LogP contribution in [-0.4, -0.2) is 53.1 Å². The molecule has 8 nitrogen and oxygen atoms in total. The van der Waals surface area contributed by atoms with Crippen molar-refractivity contribution in [3.8, 4) is 0 Å². The van der Waals surface area contributed by atoms with Crippen LogP contribution in [0.25, 0.3) is 0 Å². The number of alkyl halides is 1. The summed E-state index contributed by atoms with van der Waals surface area (Å²) in [6.45, 7) is 6.05. The van der Waals surface area contributed by atoms with Gasteiger partial charge < -0.3 is 19.0 Å². The van der Waals surface area contributed by atoms with Gasteiger partial charge in [-0.05, 0) is 61.0 Å². The van der Waals surface area contributed by atoms with Crippen molar-refractivity contribution < 1.29 is 42.6 Å². The first-order valence-corrected chi connectivity index (χ1v) is 13.1. The van der Waals surface area contributed by atoms with Crippen LogP contribution in [0.1, 0.15) is 57.5 Å². The Morgan fingerprint density at radius 2 is 1.97 bits per heavy atom. The van der Waals surface area contributed by atoms with E-state index in [0.717, 1.165) is 0 Å². The Bertz CT molecular complexity index is 1230. The van der Waals surface area contributed by atoms with Crippen LogP contribution in [0, 0.1) is 34.5 Å². The minimum Gasteiger partial charge on any atom is -0.458 e. The number of ketones is 2. The summed E-state index contributed by atoms with van der Waals surface area (Å²) in [6, 6.07) is 2.96. The van der Waals surface area contributed by atoms with E-state index in [1.54, 1.807) is 13.0 Å². The zero-order valence-corrected chi connectivity index (χ0v) is 21.9. The highest BCUT2D eigenvalue weighted by atomic mass is 19.1. The van der Waals surface area contributed by atoms with E-state index in [0.29, 0.717) is 12.0 Å². The highest BCUT2D eigenvalue weighted by molar-refractivity contribution is 6.01. The summed E-state index contributed by atoms with van der Waals surface area (Å²) in [6.07, 6.45) is 4.04. The smallest absolute Gasteiger partial charge is 0.375 e. The van der Waals surface area contributed by atoms with Gasteiger partial charge in [0, 0.05) is 29.6 Å². The second-order valence-corrected chi connectivity index (χ2v) is 11.7. The molecule has 1 aromatic heterocycles. The first kappa shape index (κ1) is 26.5. The van der Waals surface area contributed by atoms with Gasteiger partial charge in [-0.3, -0.25) is 14.4 Å². The highest BCUT2D eigenvalue weighted by Crippen LogP contribution is 2.69. The number of aliphatic hydroxyl groups is 1. The third kappa shape index (κ3) is 3.65. The van der Waals surface area contributed by atoms with E-state index in [9.17, 15) is 24.3 Å². The number of allylic oxidation sites excluding steroid dienone is 4. The molecule has 1 N–H and O–H groups in total. The number of furan rings is 1. The fourth-order valence-corrected chi connectivity index (χ4v) is 8.39. The van der Waals surface area contributed by atoms with Crippen LogP contribution in [-0.2, 0) is 23.9 Å². The number of Topliss-reactive ketones (excluding diaryl/α,β-unsaturated/α-hetero) is 1. The Kier molecular flexibility index (Phi) is 6.29. The monoisotopic (exact) mass is 528 g/mol. The second kappa shape index (κ2) is 9.00. The van der Waals surface area contributed by atoms with Gasteiger partial charge in [-0.15, -0.1) is 0 Å². The van der Waals surface area contributed by atoms with Crippen molar-refractivity contribution >= 4 is 23.5 Å². The van der Waals surface area contributed by atoms with Gasteiger partial charge in [0.25, 0.3) is 0 Å². The van der Waals surface area contributed by atoms with Crippen LogP contribution in [0.3, 0.4) is 0 Å². The predicted octanol–water partition coefficient (Wildman–Crippen LogP) is 3.78. The molecule has 38 heavy (non-hydrogen) atoms. The zero-order chi connectivity index (χ0) is 27.6. The van der Waals surface area contributed by atoms with Crippen molar-refractivity contribution in [2.75, 3.05) is 6.61 Å². The average Bonchev–Trinajstić information content (AvgIpc) is 3.45. The number of carbonyl (C=O) groups is 4. The first-order chi connectivity index (χ1) is 17.8. The summed E-state index contributed by atoms with van der Waals surface area (Å²) in [4.78, 5) is 50.8. The zero-order valence-electron chi connectivity index (χ0n) is 21.9. The molecule has 4 aliphatic carbocycles. The summed E-state index contributed by atoms with van der Waals surface area (Å²) >= 11 is 0. The normalized spacial score (nSPS) is 41.4. The van der Waals surface area contributed by atoms with Gasteiger partial charge in [0.05, 0.1) is 12.4 Å². The van der Waals surface area contributed by atoms with E-state index in [1.165, 1.54) is 37.5 Å². The van der Waals surface area contributed by atoms with E-state index in [-0.39, 0.29) is 36.2 Å². The van der Waals surface area contributed by atoms with Crippen molar-refractivity contribution in [3.05, 3.63) is 48.0 Å². The number of halogens is 1. The van der Waals surface area contributed by atoms with Crippen molar-refractivity contribution in [1.29, 1.82) is 0 Å². The van der Waals surface area contributed by atoms with Crippen molar-refractivity contribution in [1.82, 2.24) is 0 Å². The van der Waals surface area contributed by atoms with Crippen LogP contribution >= 0.6 is 0 Å². The number of rotatable bonds is 5. The average molecular weight is 529 g/mol. The number of aliphatic hydroxyl groups excluding tert-OH is 1. The minimum atomic E-state index is -1.75. The molecule has 9 heteroatoms. The van der Waals surface area contributed by atoms with Crippen molar-refractivity contribution in [3.63, 3.8) is 0 Å². The van der Waals surface area contributed by atoms with Gasteiger partial charge in [-0.2, -0.15) is 0 Å². The molecule has 0 aromatic carbocycles. The number of esters is 2. The molecule has 0 saturated heterocycles. The van der Waals surface area contributed by atoms with Crippen molar-refractivity contribution in [2.24, 2.45) is 34.5 Å². The topological polar surface area (TPSA) is 120 Å². The predicted molar refractivity (Wildman–Crippen MR) is 131 cm³/mol. The number of fused-ring (bicyclic) bond motifs is 5. The Morgan fingerprint density at radius 3 is 2.63 bits per heavy atom. The molecule has 0 amide bonds. The largest absolute Gasteiger partial charge is 0.458 e. The SMILES string of the molecule is CC(=O)OCC(=O)[C@@]1(OC(=O)c2ccco2)[C@H](C)CC2C3C[C@H](F)C4=CC(=O)C=CC4(C)C3C(O)CC21C. The number of hydrogen-bond acceptors (Lipinski definition) is 8. The maximum atomic E-state index is 15.7. The van der Waals surface area contributed by atoms with Crippen LogP contribution < -0.4 is 0 Å².